The van der Waals surface area contributed by atoms with Crippen LogP contribution in [-0.2, 0) is 24.8 Å². The SMILES string of the molecule is CCCOC(=O)/C(=C1/Oc2cc(C(C)(C)C)ccc2N1CC)S(C)(=O)=O. The molecule has 0 aliphatic carbocycles. The first-order chi connectivity index (χ1) is 12.0. The van der Waals surface area contributed by atoms with E-state index in [0.29, 0.717) is 18.7 Å². The molecule has 6 nitrogen and oxygen atoms in total. The topological polar surface area (TPSA) is 72.9 Å². The summed E-state index contributed by atoms with van der Waals surface area (Å²) in [6.45, 7) is 10.6. The summed E-state index contributed by atoms with van der Waals surface area (Å²) in [7, 11) is -3.84. The number of benzene rings is 1. The molecule has 0 fully saturated rings. The third kappa shape index (κ3) is 4.03. The molecule has 144 valence electrons. The molecule has 2 rings (SSSR count). The van der Waals surface area contributed by atoms with Crippen LogP contribution in [0.5, 0.6) is 5.75 Å². The molecule has 1 aliphatic heterocycles. The smallest absolute Gasteiger partial charge is 0.355 e. The summed E-state index contributed by atoms with van der Waals surface area (Å²) in [5.41, 5.74) is 1.71. The fourth-order valence-corrected chi connectivity index (χ4v) is 3.53. The van der Waals surface area contributed by atoms with Crippen LogP contribution in [0.2, 0.25) is 0 Å². The number of sulfone groups is 1. The van der Waals surface area contributed by atoms with Gasteiger partial charge in [-0.3, -0.25) is 0 Å². The highest BCUT2D eigenvalue weighted by atomic mass is 32.2. The number of esters is 1. The van der Waals surface area contributed by atoms with E-state index >= 15 is 0 Å². The van der Waals surface area contributed by atoms with Gasteiger partial charge < -0.3 is 14.4 Å². The Bertz CT molecular complexity index is 834. The molecule has 1 aliphatic rings. The molecule has 0 amide bonds. The lowest BCUT2D eigenvalue weighted by atomic mass is 9.87. The summed E-state index contributed by atoms with van der Waals surface area (Å²) in [5.74, 6) is -0.331. The number of hydrogen-bond acceptors (Lipinski definition) is 6. The standard InChI is InChI=1S/C19H27NO5S/c1-7-11-24-18(21)16(26(6,22)23)17-20(8-2)14-10-9-13(19(3,4)5)12-15(14)25-17/h9-10,12H,7-8,11H2,1-6H3/b17-16-. The zero-order valence-corrected chi connectivity index (χ0v) is 17.1. The highest BCUT2D eigenvalue weighted by molar-refractivity contribution is 7.95. The van der Waals surface area contributed by atoms with Crippen LogP contribution in [-0.4, -0.2) is 33.8 Å². The first kappa shape index (κ1) is 20.3. The Balaban J connectivity index is 2.59. The van der Waals surface area contributed by atoms with Crippen molar-refractivity contribution in [3.8, 4) is 5.75 Å². The van der Waals surface area contributed by atoms with E-state index in [0.717, 1.165) is 17.5 Å². The maximum Gasteiger partial charge on any atom is 0.355 e. The number of fused-ring (bicyclic) bond motifs is 1. The van der Waals surface area contributed by atoms with Crippen molar-refractivity contribution in [3.05, 3.63) is 34.6 Å². The molecule has 0 unspecified atom stereocenters. The van der Waals surface area contributed by atoms with E-state index in [4.69, 9.17) is 9.47 Å². The molecular weight excluding hydrogens is 354 g/mol. The van der Waals surface area contributed by atoms with Crippen LogP contribution in [0, 0.1) is 0 Å². The molecule has 0 atom stereocenters. The molecule has 1 aromatic carbocycles. The molecule has 0 saturated heterocycles. The van der Waals surface area contributed by atoms with E-state index < -0.39 is 20.7 Å². The van der Waals surface area contributed by atoms with Gasteiger partial charge in [0.05, 0.1) is 12.3 Å². The minimum absolute atomic E-state index is 0.0113. The zero-order valence-electron chi connectivity index (χ0n) is 16.3. The summed E-state index contributed by atoms with van der Waals surface area (Å²) in [4.78, 5) is 13.7. The second-order valence-electron chi connectivity index (χ2n) is 7.32. The molecule has 1 aromatic rings. The normalized spacial score (nSPS) is 16.2. The summed E-state index contributed by atoms with van der Waals surface area (Å²) in [5, 5.41) is 0. The molecule has 1 heterocycles. The van der Waals surface area contributed by atoms with Gasteiger partial charge >= 0.3 is 5.97 Å². The van der Waals surface area contributed by atoms with E-state index in [2.05, 4.69) is 20.8 Å². The second-order valence-corrected chi connectivity index (χ2v) is 9.27. The van der Waals surface area contributed by atoms with Crippen LogP contribution in [0.3, 0.4) is 0 Å². The lowest BCUT2D eigenvalue weighted by molar-refractivity contribution is -0.138. The van der Waals surface area contributed by atoms with Crippen LogP contribution >= 0.6 is 0 Å². The number of carbonyl (C=O) groups is 1. The molecule has 7 heteroatoms. The lowest BCUT2D eigenvalue weighted by Gasteiger charge is -2.20. The third-order valence-electron chi connectivity index (χ3n) is 4.07. The summed E-state index contributed by atoms with van der Waals surface area (Å²) in [6, 6.07) is 5.77. The maximum absolute atomic E-state index is 12.4. The second kappa shape index (κ2) is 7.31. The van der Waals surface area contributed by atoms with Crippen molar-refractivity contribution in [1.29, 1.82) is 0 Å². The fraction of sp³-hybridized carbons (Fsp3) is 0.526. The molecule has 0 saturated carbocycles. The number of carbonyl (C=O) groups excluding carboxylic acids is 1. The van der Waals surface area contributed by atoms with E-state index in [9.17, 15) is 13.2 Å². The summed E-state index contributed by atoms with van der Waals surface area (Å²) < 4.78 is 35.5. The van der Waals surface area contributed by atoms with Gasteiger partial charge in [0.2, 0.25) is 10.8 Å². The van der Waals surface area contributed by atoms with Gasteiger partial charge in [-0.2, -0.15) is 0 Å². The predicted molar refractivity (Wildman–Crippen MR) is 102 cm³/mol. The number of nitrogens with zero attached hydrogens (tertiary/aromatic N) is 1. The largest absolute Gasteiger partial charge is 0.461 e. The number of anilines is 1. The Kier molecular flexibility index (Phi) is 5.70. The van der Waals surface area contributed by atoms with Crippen LogP contribution in [0.4, 0.5) is 5.69 Å². The number of rotatable bonds is 5. The van der Waals surface area contributed by atoms with Crippen LogP contribution in [0.1, 0.15) is 46.6 Å². The van der Waals surface area contributed by atoms with Gasteiger partial charge in [0, 0.05) is 12.8 Å². The molecular formula is C19H27NO5S. The quantitative estimate of drug-likeness (QED) is 0.575. The Morgan fingerprint density at radius 3 is 2.38 bits per heavy atom. The fourth-order valence-electron chi connectivity index (χ4n) is 2.69. The molecule has 0 radical (unpaired) electrons. The van der Waals surface area contributed by atoms with Crippen LogP contribution in [0.15, 0.2) is 29.0 Å². The lowest BCUT2D eigenvalue weighted by Crippen LogP contribution is -2.27. The Labute approximate surface area is 155 Å². The van der Waals surface area contributed by atoms with Gasteiger partial charge in [0.25, 0.3) is 0 Å². The van der Waals surface area contributed by atoms with E-state index in [1.54, 1.807) is 4.90 Å². The average Bonchev–Trinajstić information content (AvgIpc) is 2.87. The van der Waals surface area contributed by atoms with Crippen molar-refractivity contribution in [3.63, 3.8) is 0 Å². The van der Waals surface area contributed by atoms with Crippen LogP contribution in [0.25, 0.3) is 0 Å². The van der Waals surface area contributed by atoms with Gasteiger partial charge in [-0.05, 0) is 36.5 Å². The van der Waals surface area contributed by atoms with Gasteiger partial charge in [0.1, 0.15) is 0 Å². The number of ether oxygens (including phenoxy) is 2. The van der Waals surface area contributed by atoms with E-state index in [-0.39, 0.29) is 17.9 Å². The van der Waals surface area contributed by atoms with Gasteiger partial charge in [-0.1, -0.05) is 33.8 Å². The van der Waals surface area contributed by atoms with E-state index in [1.165, 1.54) is 0 Å². The Hall–Kier alpha value is -2.02. The average molecular weight is 381 g/mol. The van der Waals surface area contributed by atoms with Crippen LogP contribution < -0.4 is 9.64 Å². The van der Waals surface area contributed by atoms with Crippen molar-refractivity contribution in [2.24, 2.45) is 0 Å². The molecule has 26 heavy (non-hydrogen) atoms. The van der Waals surface area contributed by atoms with Crippen molar-refractivity contribution >= 4 is 21.5 Å². The molecule has 0 aromatic heterocycles. The van der Waals surface area contributed by atoms with Crippen molar-refractivity contribution < 1.29 is 22.7 Å². The molecule has 0 bridgehead atoms. The maximum atomic E-state index is 12.4. The van der Waals surface area contributed by atoms with Crippen molar-refractivity contribution in [2.75, 3.05) is 24.3 Å². The van der Waals surface area contributed by atoms with Gasteiger partial charge in [-0.25, -0.2) is 13.2 Å². The molecule has 0 N–H and O–H groups in total. The first-order valence-electron chi connectivity index (χ1n) is 8.72. The Morgan fingerprint density at radius 2 is 1.88 bits per heavy atom. The summed E-state index contributed by atoms with van der Waals surface area (Å²) >= 11 is 0. The number of hydrogen-bond donors (Lipinski definition) is 0. The Morgan fingerprint density at radius 1 is 1.23 bits per heavy atom. The minimum atomic E-state index is -3.84. The van der Waals surface area contributed by atoms with Crippen molar-refractivity contribution in [1.82, 2.24) is 0 Å². The monoisotopic (exact) mass is 381 g/mol. The minimum Gasteiger partial charge on any atom is -0.461 e. The highest BCUT2D eigenvalue weighted by Crippen LogP contribution is 2.43. The van der Waals surface area contributed by atoms with E-state index in [1.807, 2.05) is 32.0 Å². The zero-order chi connectivity index (χ0) is 19.7. The summed E-state index contributed by atoms with van der Waals surface area (Å²) in [6.07, 6.45) is 1.59. The van der Waals surface area contributed by atoms with Crippen molar-refractivity contribution in [2.45, 2.75) is 46.5 Å². The first-order valence-corrected chi connectivity index (χ1v) is 10.6. The van der Waals surface area contributed by atoms with Gasteiger partial charge in [-0.15, -0.1) is 0 Å². The highest BCUT2D eigenvalue weighted by Gasteiger charge is 2.37. The molecule has 0 spiro atoms. The predicted octanol–water partition coefficient (Wildman–Crippen LogP) is 3.37. The third-order valence-corrected chi connectivity index (χ3v) is 5.16. The van der Waals surface area contributed by atoms with Gasteiger partial charge in [0.15, 0.2) is 15.6 Å².